The molecule has 0 fully saturated rings. The van der Waals surface area contributed by atoms with Gasteiger partial charge in [0.1, 0.15) is 0 Å². The number of anilines is 1. The van der Waals surface area contributed by atoms with E-state index in [-0.39, 0.29) is 5.69 Å². The van der Waals surface area contributed by atoms with Crippen LogP contribution >= 0.6 is 11.8 Å². The first-order valence-electron chi connectivity index (χ1n) is 6.00. The van der Waals surface area contributed by atoms with Crippen LogP contribution in [0.1, 0.15) is 18.2 Å². The van der Waals surface area contributed by atoms with Crippen molar-refractivity contribution in [1.82, 2.24) is 9.55 Å². The number of thioether (sulfide) groups is 1. The van der Waals surface area contributed by atoms with E-state index < -0.39 is 11.7 Å². The molecule has 0 aliphatic heterocycles. The van der Waals surface area contributed by atoms with E-state index >= 15 is 0 Å². The number of alkyl halides is 3. The topological polar surface area (TPSA) is 43.8 Å². The quantitative estimate of drug-likeness (QED) is 0.690. The average Bonchev–Trinajstić information content (AvgIpc) is 2.83. The van der Waals surface area contributed by atoms with Gasteiger partial charge in [0.05, 0.1) is 11.9 Å². The highest BCUT2D eigenvalue weighted by molar-refractivity contribution is 7.98. The minimum absolute atomic E-state index is 0.146. The molecule has 0 amide bonds. The Labute approximate surface area is 119 Å². The molecule has 0 unspecified atom stereocenters. The van der Waals surface area contributed by atoms with Crippen molar-refractivity contribution in [2.24, 2.45) is 0 Å². The van der Waals surface area contributed by atoms with Crippen LogP contribution < -0.4 is 5.73 Å². The predicted octanol–water partition coefficient (Wildman–Crippen LogP) is 3.80. The standard InChI is InChI=1S/C13H14F3N3S/c1-2-19-8-18-6-10(19)7-20-12-4-3-9(5-11(12)17)13(14,15)16/h3-6,8H,2,7,17H2,1H3. The number of rotatable bonds is 4. The molecule has 2 N–H and O–H groups in total. The highest BCUT2D eigenvalue weighted by Gasteiger charge is 2.30. The van der Waals surface area contributed by atoms with Crippen molar-refractivity contribution in [2.45, 2.75) is 30.3 Å². The molecule has 0 aliphatic rings. The predicted molar refractivity (Wildman–Crippen MR) is 73.3 cm³/mol. The zero-order valence-corrected chi connectivity index (χ0v) is 11.6. The van der Waals surface area contributed by atoms with Gasteiger partial charge in [-0.1, -0.05) is 0 Å². The van der Waals surface area contributed by atoms with Gasteiger partial charge in [-0.15, -0.1) is 11.8 Å². The minimum atomic E-state index is -4.36. The number of nitrogens with zero attached hydrogens (tertiary/aromatic N) is 2. The molecule has 0 radical (unpaired) electrons. The Morgan fingerprint density at radius 2 is 2.10 bits per heavy atom. The maximum atomic E-state index is 12.5. The summed E-state index contributed by atoms with van der Waals surface area (Å²) in [6, 6.07) is 3.44. The molecule has 1 aromatic carbocycles. The largest absolute Gasteiger partial charge is 0.416 e. The van der Waals surface area contributed by atoms with Gasteiger partial charge in [0, 0.05) is 34.8 Å². The third-order valence-corrected chi connectivity index (χ3v) is 3.97. The molecule has 20 heavy (non-hydrogen) atoms. The summed E-state index contributed by atoms with van der Waals surface area (Å²) >= 11 is 1.40. The van der Waals surface area contributed by atoms with E-state index in [9.17, 15) is 13.2 Å². The lowest BCUT2D eigenvalue weighted by Gasteiger charge is -2.11. The third-order valence-electron chi connectivity index (χ3n) is 2.85. The van der Waals surface area contributed by atoms with Gasteiger partial charge in [-0.25, -0.2) is 4.98 Å². The SMILES string of the molecule is CCn1cncc1CSc1ccc(C(F)(F)F)cc1N. The summed E-state index contributed by atoms with van der Waals surface area (Å²) in [5.41, 5.74) is 6.12. The molecule has 3 nitrogen and oxygen atoms in total. The Morgan fingerprint density at radius 1 is 1.35 bits per heavy atom. The zero-order chi connectivity index (χ0) is 14.8. The van der Waals surface area contributed by atoms with Crippen molar-refractivity contribution < 1.29 is 13.2 Å². The molecule has 1 heterocycles. The van der Waals surface area contributed by atoms with Crippen molar-refractivity contribution in [3.8, 4) is 0 Å². The molecule has 1 aromatic heterocycles. The molecule has 0 bridgehead atoms. The van der Waals surface area contributed by atoms with Crippen LogP contribution in [0.25, 0.3) is 0 Å². The second-order valence-electron chi connectivity index (χ2n) is 4.21. The van der Waals surface area contributed by atoms with Crippen molar-refractivity contribution in [2.75, 3.05) is 5.73 Å². The Kier molecular flexibility index (Phi) is 4.27. The Bertz CT molecular complexity index is 593. The summed E-state index contributed by atoms with van der Waals surface area (Å²) in [6.45, 7) is 2.81. The monoisotopic (exact) mass is 301 g/mol. The van der Waals surface area contributed by atoms with Gasteiger partial charge < -0.3 is 10.3 Å². The molecule has 0 saturated heterocycles. The zero-order valence-electron chi connectivity index (χ0n) is 10.8. The second kappa shape index (κ2) is 5.78. The number of halogens is 3. The van der Waals surface area contributed by atoms with Gasteiger partial charge >= 0.3 is 6.18 Å². The number of aryl methyl sites for hydroxylation is 1. The van der Waals surface area contributed by atoms with E-state index in [2.05, 4.69) is 4.98 Å². The number of aromatic nitrogens is 2. The van der Waals surface area contributed by atoms with Gasteiger partial charge in [0.2, 0.25) is 0 Å². The first-order valence-corrected chi connectivity index (χ1v) is 6.99. The number of benzene rings is 1. The van der Waals surface area contributed by atoms with Crippen LogP contribution in [0.3, 0.4) is 0 Å². The van der Waals surface area contributed by atoms with Crippen molar-refractivity contribution >= 4 is 17.4 Å². The second-order valence-corrected chi connectivity index (χ2v) is 5.23. The lowest BCUT2D eigenvalue weighted by molar-refractivity contribution is -0.137. The van der Waals surface area contributed by atoms with E-state index in [1.54, 1.807) is 12.5 Å². The van der Waals surface area contributed by atoms with E-state index in [1.165, 1.54) is 17.8 Å². The molecular formula is C13H14F3N3S. The van der Waals surface area contributed by atoms with Crippen molar-refractivity contribution in [3.05, 3.63) is 42.0 Å². The summed E-state index contributed by atoms with van der Waals surface area (Å²) in [5, 5.41) is 0. The normalized spacial score (nSPS) is 11.8. The number of imidazole rings is 1. The molecule has 0 aliphatic carbocycles. The average molecular weight is 301 g/mol. The number of hydrogen-bond donors (Lipinski definition) is 1. The molecule has 0 saturated carbocycles. The van der Waals surface area contributed by atoms with E-state index in [4.69, 9.17) is 5.73 Å². The summed E-state index contributed by atoms with van der Waals surface area (Å²) < 4.78 is 39.6. The van der Waals surface area contributed by atoms with Crippen molar-refractivity contribution in [3.63, 3.8) is 0 Å². The van der Waals surface area contributed by atoms with Crippen molar-refractivity contribution in [1.29, 1.82) is 0 Å². The van der Waals surface area contributed by atoms with Crippen LogP contribution in [0.15, 0.2) is 35.6 Å². The molecule has 108 valence electrons. The number of hydrogen-bond acceptors (Lipinski definition) is 3. The summed E-state index contributed by atoms with van der Waals surface area (Å²) in [5.74, 6) is 0.614. The highest BCUT2D eigenvalue weighted by atomic mass is 32.2. The smallest absolute Gasteiger partial charge is 0.398 e. The van der Waals surface area contributed by atoms with E-state index in [1.807, 2.05) is 11.5 Å². The van der Waals surface area contributed by atoms with Crippen LogP contribution in [-0.2, 0) is 18.5 Å². The maximum Gasteiger partial charge on any atom is 0.416 e. The van der Waals surface area contributed by atoms with Gasteiger partial charge in [-0.05, 0) is 25.1 Å². The summed E-state index contributed by atoms with van der Waals surface area (Å²) in [4.78, 5) is 4.68. The lowest BCUT2D eigenvalue weighted by atomic mass is 10.2. The first kappa shape index (κ1) is 14.8. The van der Waals surface area contributed by atoms with Crippen LogP contribution in [0, 0.1) is 0 Å². The van der Waals surface area contributed by atoms with Gasteiger partial charge in [0.15, 0.2) is 0 Å². The van der Waals surface area contributed by atoms with E-state index in [0.29, 0.717) is 10.6 Å². The first-order chi connectivity index (χ1) is 9.41. The maximum absolute atomic E-state index is 12.5. The molecule has 0 spiro atoms. The molecule has 0 atom stereocenters. The Balaban J connectivity index is 2.11. The van der Waals surface area contributed by atoms with Crippen LogP contribution in [0.2, 0.25) is 0 Å². The van der Waals surface area contributed by atoms with Gasteiger partial charge in [-0.2, -0.15) is 13.2 Å². The van der Waals surface area contributed by atoms with Crippen LogP contribution in [0.5, 0.6) is 0 Å². The summed E-state index contributed by atoms with van der Waals surface area (Å²) in [6.07, 6.45) is -0.888. The van der Waals surface area contributed by atoms with Crippen LogP contribution in [-0.4, -0.2) is 9.55 Å². The lowest BCUT2D eigenvalue weighted by Crippen LogP contribution is -2.06. The fourth-order valence-electron chi connectivity index (χ4n) is 1.76. The fraction of sp³-hybridized carbons (Fsp3) is 0.308. The molecular weight excluding hydrogens is 287 g/mol. The third kappa shape index (κ3) is 3.27. The van der Waals surface area contributed by atoms with E-state index in [0.717, 1.165) is 24.4 Å². The summed E-state index contributed by atoms with van der Waals surface area (Å²) in [7, 11) is 0. The van der Waals surface area contributed by atoms with Crippen LogP contribution in [0.4, 0.5) is 18.9 Å². The molecule has 7 heteroatoms. The number of nitrogens with two attached hydrogens (primary N) is 1. The Morgan fingerprint density at radius 3 is 2.70 bits per heavy atom. The molecule has 2 rings (SSSR count). The fourth-order valence-corrected chi connectivity index (χ4v) is 2.69. The van der Waals surface area contributed by atoms with Gasteiger partial charge in [0.25, 0.3) is 0 Å². The van der Waals surface area contributed by atoms with Gasteiger partial charge in [-0.3, -0.25) is 0 Å². The Hall–Kier alpha value is -1.63. The number of nitrogen functional groups attached to an aromatic ring is 1. The molecule has 2 aromatic rings. The highest BCUT2D eigenvalue weighted by Crippen LogP contribution is 2.35. The minimum Gasteiger partial charge on any atom is -0.398 e.